The monoisotopic (exact) mass is 437 g/mol. The number of ether oxygens (including phenoxy) is 1. The van der Waals surface area contributed by atoms with Crippen LogP contribution >= 0.6 is 0 Å². The Morgan fingerprint density at radius 1 is 1.12 bits per heavy atom. The molecule has 0 aromatic heterocycles. The number of rotatable bonds is 8. The van der Waals surface area contributed by atoms with Gasteiger partial charge in [0.05, 0.1) is 5.92 Å². The molecule has 1 aliphatic heterocycles. The zero-order chi connectivity index (χ0) is 23.3. The normalized spacial score (nSPS) is 15.7. The summed E-state index contributed by atoms with van der Waals surface area (Å²) in [7, 11) is 0. The molecule has 0 radical (unpaired) electrons. The third-order valence-electron chi connectivity index (χ3n) is 5.58. The van der Waals surface area contributed by atoms with E-state index in [1.807, 2.05) is 45.9 Å². The standard InChI is InChI=1S/C25H31N3O4/c1-16(2)13-26-25(31)19-12-24(30)28(14-19)20-8-10-21(11-9-20)32-15-23(29)27-22-7-5-6-17(3)18(22)4/h5-11,16,19H,12-15H2,1-4H3,(H,26,31)(H,27,29). The first-order chi connectivity index (χ1) is 15.2. The summed E-state index contributed by atoms with van der Waals surface area (Å²) in [5.74, 6) is 0.157. The van der Waals surface area contributed by atoms with Crippen LogP contribution in [0.3, 0.4) is 0 Å². The van der Waals surface area contributed by atoms with Gasteiger partial charge in [-0.1, -0.05) is 26.0 Å². The Bertz CT molecular complexity index is 985. The van der Waals surface area contributed by atoms with Crippen molar-refractivity contribution in [2.75, 3.05) is 29.9 Å². The second-order valence-corrected chi connectivity index (χ2v) is 8.62. The molecule has 3 amide bonds. The van der Waals surface area contributed by atoms with Crippen molar-refractivity contribution in [1.29, 1.82) is 0 Å². The van der Waals surface area contributed by atoms with E-state index in [0.29, 0.717) is 30.4 Å². The van der Waals surface area contributed by atoms with Gasteiger partial charge in [0, 0.05) is 30.9 Å². The highest BCUT2D eigenvalue weighted by molar-refractivity contribution is 6.00. The molecule has 0 saturated carbocycles. The number of carbonyl (C=O) groups is 3. The second-order valence-electron chi connectivity index (χ2n) is 8.62. The third-order valence-corrected chi connectivity index (χ3v) is 5.58. The highest BCUT2D eigenvalue weighted by Crippen LogP contribution is 2.27. The minimum Gasteiger partial charge on any atom is -0.484 e. The predicted octanol–water partition coefficient (Wildman–Crippen LogP) is 3.45. The fourth-order valence-corrected chi connectivity index (χ4v) is 3.53. The molecule has 1 aliphatic rings. The summed E-state index contributed by atoms with van der Waals surface area (Å²) in [5.41, 5.74) is 3.61. The van der Waals surface area contributed by atoms with Crippen LogP contribution in [-0.4, -0.2) is 37.4 Å². The number of benzene rings is 2. The van der Waals surface area contributed by atoms with E-state index in [1.165, 1.54) is 0 Å². The molecule has 0 spiro atoms. The van der Waals surface area contributed by atoms with Crippen molar-refractivity contribution in [3.63, 3.8) is 0 Å². The number of hydrogen-bond acceptors (Lipinski definition) is 4. The molecule has 0 bridgehead atoms. The SMILES string of the molecule is Cc1cccc(NC(=O)COc2ccc(N3CC(C(=O)NCC(C)C)CC3=O)cc2)c1C. The predicted molar refractivity (Wildman–Crippen MR) is 125 cm³/mol. The molecule has 7 heteroatoms. The maximum Gasteiger partial charge on any atom is 0.262 e. The average molecular weight is 438 g/mol. The number of aryl methyl sites for hydroxylation is 1. The molecular weight excluding hydrogens is 406 g/mol. The van der Waals surface area contributed by atoms with E-state index in [-0.39, 0.29) is 36.7 Å². The van der Waals surface area contributed by atoms with Crippen molar-refractivity contribution in [3.8, 4) is 5.75 Å². The lowest BCUT2D eigenvalue weighted by Gasteiger charge is -2.17. The molecule has 1 heterocycles. The summed E-state index contributed by atoms with van der Waals surface area (Å²) in [6, 6.07) is 12.7. The Kier molecular flexibility index (Phi) is 7.51. The van der Waals surface area contributed by atoms with Crippen molar-refractivity contribution >= 4 is 29.1 Å². The summed E-state index contributed by atoms with van der Waals surface area (Å²) in [6.07, 6.45) is 0.209. The van der Waals surface area contributed by atoms with E-state index >= 15 is 0 Å². The van der Waals surface area contributed by atoms with Crippen molar-refractivity contribution in [1.82, 2.24) is 5.32 Å². The van der Waals surface area contributed by atoms with Crippen LogP contribution in [0.2, 0.25) is 0 Å². The number of nitrogens with zero attached hydrogens (tertiary/aromatic N) is 1. The van der Waals surface area contributed by atoms with Crippen molar-refractivity contribution in [2.24, 2.45) is 11.8 Å². The van der Waals surface area contributed by atoms with Gasteiger partial charge in [0.2, 0.25) is 11.8 Å². The Hall–Kier alpha value is -3.35. The zero-order valence-corrected chi connectivity index (χ0v) is 19.1. The largest absolute Gasteiger partial charge is 0.484 e. The highest BCUT2D eigenvalue weighted by atomic mass is 16.5. The van der Waals surface area contributed by atoms with Crippen LogP contribution in [0.1, 0.15) is 31.4 Å². The molecular formula is C25H31N3O4. The topological polar surface area (TPSA) is 87.7 Å². The van der Waals surface area contributed by atoms with Gasteiger partial charge in [-0.3, -0.25) is 14.4 Å². The van der Waals surface area contributed by atoms with Crippen molar-refractivity contribution < 1.29 is 19.1 Å². The molecule has 2 N–H and O–H groups in total. The van der Waals surface area contributed by atoms with Gasteiger partial charge in [0.25, 0.3) is 5.91 Å². The highest BCUT2D eigenvalue weighted by Gasteiger charge is 2.35. The van der Waals surface area contributed by atoms with Crippen LogP contribution in [0.25, 0.3) is 0 Å². The van der Waals surface area contributed by atoms with Crippen LogP contribution in [0.15, 0.2) is 42.5 Å². The third kappa shape index (κ3) is 5.87. The Labute approximate surface area is 189 Å². The van der Waals surface area contributed by atoms with E-state index < -0.39 is 0 Å². The maximum atomic E-state index is 12.4. The summed E-state index contributed by atoms with van der Waals surface area (Å²) < 4.78 is 5.59. The van der Waals surface area contributed by atoms with E-state index in [9.17, 15) is 14.4 Å². The summed E-state index contributed by atoms with van der Waals surface area (Å²) >= 11 is 0. The molecule has 0 aliphatic carbocycles. The number of nitrogens with one attached hydrogen (secondary N) is 2. The number of carbonyl (C=O) groups excluding carboxylic acids is 3. The molecule has 1 fully saturated rings. The molecule has 1 unspecified atom stereocenters. The van der Waals surface area contributed by atoms with Gasteiger partial charge in [-0.2, -0.15) is 0 Å². The van der Waals surface area contributed by atoms with Gasteiger partial charge < -0.3 is 20.3 Å². The van der Waals surface area contributed by atoms with Crippen LogP contribution in [0.5, 0.6) is 5.75 Å². The van der Waals surface area contributed by atoms with Gasteiger partial charge in [0.15, 0.2) is 6.61 Å². The minimum absolute atomic E-state index is 0.0729. The maximum absolute atomic E-state index is 12.4. The van der Waals surface area contributed by atoms with Crippen LogP contribution in [-0.2, 0) is 14.4 Å². The molecule has 1 saturated heterocycles. The summed E-state index contributed by atoms with van der Waals surface area (Å²) in [4.78, 5) is 38.6. The summed E-state index contributed by atoms with van der Waals surface area (Å²) in [5, 5.41) is 5.76. The van der Waals surface area contributed by atoms with Gasteiger partial charge in [-0.25, -0.2) is 0 Å². The van der Waals surface area contributed by atoms with E-state index in [1.54, 1.807) is 29.2 Å². The van der Waals surface area contributed by atoms with Gasteiger partial charge >= 0.3 is 0 Å². The number of amides is 3. The van der Waals surface area contributed by atoms with Crippen LogP contribution < -0.4 is 20.3 Å². The summed E-state index contributed by atoms with van der Waals surface area (Å²) in [6.45, 7) is 8.87. The minimum atomic E-state index is -0.342. The lowest BCUT2D eigenvalue weighted by molar-refractivity contribution is -0.126. The van der Waals surface area contributed by atoms with Crippen molar-refractivity contribution in [3.05, 3.63) is 53.6 Å². The lowest BCUT2D eigenvalue weighted by atomic mass is 10.1. The van der Waals surface area contributed by atoms with Gasteiger partial charge in [-0.15, -0.1) is 0 Å². The fraction of sp³-hybridized carbons (Fsp3) is 0.400. The molecule has 32 heavy (non-hydrogen) atoms. The van der Waals surface area contributed by atoms with Crippen LogP contribution in [0.4, 0.5) is 11.4 Å². The van der Waals surface area contributed by atoms with Gasteiger partial charge in [0.1, 0.15) is 5.75 Å². The van der Waals surface area contributed by atoms with E-state index in [4.69, 9.17) is 4.74 Å². The first kappa shape index (κ1) is 23.3. The first-order valence-electron chi connectivity index (χ1n) is 10.9. The Morgan fingerprint density at radius 2 is 1.84 bits per heavy atom. The van der Waals surface area contributed by atoms with Gasteiger partial charge in [-0.05, 0) is 61.2 Å². The molecule has 1 atom stereocenters. The fourth-order valence-electron chi connectivity index (χ4n) is 3.53. The van der Waals surface area contributed by atoms with E-state index in [2.05, 4.69) is 10.6 Å². The Balaban J connectivity index is 1.52. The molecule has 2 aromatic carbocycles. The molecule has 3 rings (SSSR count). The number of anilines is 2. The smallest absolute Gasteiger partial charge is 0.262 e. The average Bonchev–Trinajstić information content (AvgIpc) is 3.16. The molecule has 2 aromatic rings. The van der Waals surface area contributed by atoms with E-state index in [0.717, 1.165) is 16.8 Å². The lowest BCUT2D eigenvalue weighted by Crippen LogP contribution is -2.35. The zero-order valence-electron chi connectivity index (χ0n) is 19.1. The Morgan fingerprint density at radius 3 is 2.53 bits per heavy atom. The first-order valence-corrected chi connectivity index (χ1v) is 10.9. The quantitative estimate of drug-likeness (QED) is 0.662. The van der Waals surface area contributed by atoms with Crippen molar-refractivity contribution in [2.45, 2.75) is 34.1 Å². The molecule has 7 nitrogen and oxygen atoms in total. The second kappa shape index (κ2) is 10.3. The number of hydrogen-bond donors (Lipinski definition) is 2. The molecule has 170 valence electrons. The van der Waals surface area contributed by atoms with Crippen LogP contribution in [0, 0.1) is 25.7 Å².